The van der Waals surface area contributed by atoms with Crippen LogP contribution in [0.2, 0.25) is 0 Å². The third kappa shape index (κ3) is 3.55. The first-order valence-corrected chi connectivity index (χ1v) is 10.3. The van der Waals surface area contributed by atoms with Crippen molar-refractivity contribution in [2.75, 3.05) is 13.2 Å². The normalized spacial score (nSPS) is 13.0. The number of ether oxygens (including phenoxy) is 1. The molecule has 0 amide bonds. The predicted octanol–water partition coefficient (Wildman–Crippen LogP) is 3.09. The van der Waals surface area contributed by atoms with E-state index in [2.05, 4.69) is 4.40 Å². The smallest absolute Gasteiger partial charge is 0.294 e. The molecule has 8 heteroatoms. The SMILES string of the molecule is CCOCCn1c(=NS(=O)(=O)c2cccs2)sc2ccccc21. The highest BCUT2D eigenvalue weighted by Crippen LogP contribution is 2.20. The van der Waals surface area contributed by atoms with Gasteiger partial charge in [-0.25, -0.2) is 0 Å². The van der Waals surface area contributed by atoms with Gasteiger partial charge in [-0.2, -0.15) is 8.42 Å². The number of benzene rings is 1. The van der Waals surface area contributed by atoms with Crippen LogP contribution in [-0.4, -0.2) is 26.2 Å². The van der Waals surface area contributed by atoms with Gasteiger partial charge in [-0.15, -0.1) is 15.7 Å². The molecule has 0 saturated carbocycles. The lowest BCUT2D eigenvalue weighted by molar-refractivity contribution is 0.139. The molecule has 0 spiro atoms. The zero-order valence-electron chi connectivity index (χ0n) is 12.5. The van der Waals surface area contributed by atoms with E-state index in [1.807, 2.05) is 35.8 Å². The fourth-order valence-electron chi connectivity index (χ4n) is 2.17. The summed E-state index contributed by atoms with van der Waals surface area (Å²) in [6.07, 6.45) is 0. The van der Waals surface area contributed by atoms with Gasteiger partial charge < -0.3 is 9.30 Å². The standard InChI is InChI=1S/C15H16N2O3S3/c1-2-20-10-9-17-12-6-3-4-7-13(12)22-15(17)16-23(18,19)14-8-5-11-21-14/h3-8,11H,2,9-10H2,1H3. The second-order valence-corrected chi connectivity index (χ2v) is 8.49. The Labute approximate surface area is 142 Å². The molecule has 122 valence electrons. The third-order valence-electron chi connectivity index (χ3n) is 3.20. The maximum atomic E-state index is 12.4. The van der Waals surface area contributed by atoms with E-state index in [-0.39, 0.29) is 4.21 Å². The number of hydrogen-bond acceptors (Lipinski definition) is 5. The highest BCUT2D eigenvalue weighted by atomic mass is 32.2. The second-order valence-electron chi connectivity index (χ2n) is 4.70. The lowest BCUT2D eigenvalue weighted by Crippen LogP contribution is -2.19. The molecule has 0 aliphatic rings. The molecule has 2 heterocycles. The summed E-state index contributed by atoms with van der Waals surface area (Å²) < 4.78 is 37.5. The Bertz CT molecular complexity index is 953. The Hall–Kier alpha value is -1.48. The van der Waals surface area contributed by atoms with Crippen LogP contribution in [0.5, 0.6) is 0 Å². The molecule has 2 aromatic heterocycles. The van der Waals surface area contributed by atoms with E-state index in [9.17, 15) is 8.42 Å². The van der Waals surface area contributed by atoms with E-state index < -0.39 is 10.0 Å². The van der Waals surface area contributed by atoms with Gasteiger partial charge >= 0.3 is 0 Å². The van der Waals surface area contributed by atoms with Crippen molar-refractivity contribution in [2.45, 2.75) is 17.7 Å². The molecule has 1 aromatic carbocycles. The van der Waals surface area contributed by atoms with Gasteiger partial charge in [-0.3, -0.25) is 0 Å². The largest absolute Gasteiger partial charge is 0.380 e. The van der Waals surface area contributed by atoms with E-state index in [1.54, 1.807) is 17.5 Å². The molecule has 0 fully saturated rings. The number of para-hydroxylation sites is 1. The van der Waals surface area contributed by atoms with Gasteiger partial charge in [0, 0.05) is 13.2 Å². The molecule has 5 nitrogen and oxygen atoms in total. The molecule has 0 radical (unpaired) electrons. The van der Waals surface area contributed by atoms with Crippen molar-refractivity contribution < 1.29 is 13.2 Å². The first-order chi connectivity index (χ1) is 11.1. The summed E-state index contributed by atoms with van der Waals surface area (Å²) in [7, 11) is -3.68. The molecule has 0 saturated heterocycles. The molecule has 23 heavy (non-hydrogen) atoms. The van der Waals surface area contributed by atoms with E-state index >= 15 is 0 Å². The van der Waals surface area contributed by atoms with Crippen molar-refractivity contribution in [3.63, 3.8) is 0 Å². The summed E-state index contributed by atoms with van der Waals surface area (Å²) >= 11 is 2.54. The number of fused-ring (bicyclic) bond motifs is 1. The second kappa shape index (κ2) is 6.96. The van der Waals surface area contributed by atoms with Crippen LogP contribution in [0.1, 0.15) is 6.92 Å². The average molecular weight is 369 g/mol. The molecule has 0 aliphatic heterocycles. The zero-order chi connectivity index (χ0) is 16.3. The minimum absolute atomic E-state index is 0.256. The minimum Gasteiger partial charge on any atom is -0.380 e. The van der Waals surface area contributed by atoms with Crippen molar-refractivity contribution in [3.8, 4) is 0 Å². The van der Waals surface area contributed by atoms with E-state index in [0.29, 0.717) is 24.6 Å². The quantitative estimate of drug-likeness (QED) is 0.628. The monoisotopic (exact) mass is 368 g/mol. The first-order valence-electron chi connectivity index (χ1n) is 7.12. The fraction of sp³-hybridized carbons (Fsp3) is 0.267. The Balaban J connectivity index is 2.12. The Morgan fingerprint density at radius 1 is 1.22 bits per heavy atom. The van der Waals surface area contributed by atoms with Crippen LogP contribution in [0, 0.1) is 0 Å². The number of aromatic nitrogens is 1. The molecule has 0 atom stereocenters. The van der Waals surface area contributed by atoms with Crippen LogP contribution < -0.4 is 4.80 Å². The van der Waals surface area contributed by atoms with Crippen molar-refractivity contribution >= 4 is 42.9 Å². The van der Waals surface area contributed by atoms with Gasteiger partial charge in [0.25, 0.3) is 10.0 Å². The van der Waals surface area contributed by atoms with E-state index in [4.69, 9.17) is 4.74 Å². The van der Waals surface area contributed by atoms with Gasteiger partial charge in [0.2, 0.25) is 4.80 Å². The van der Waals surface area contributed by atoms with Crippen LogP contribution in [0.25, 0.3) is 10.2 Å². The molecule has 3 rings (SSSR count). The summed E-state index contributed by atoms with van der Waals surface area (Å²) in [5.74, 6) is 0. The van der Waals surface area contributed by atoms with Crippen molar-refractivity contribution in [3.05, 3.63) is 46.6 Å². The Morgan fingerprint density at radius 2 is 2.04 bits per heavy atom. The van der Waals surface area contributed by atoms with Crippen LogP contribution in [0.4, 0.5) is 0 Å². The van der Waals surface area contributed by atoms with Gasteiger partial charge in [-0.05, 0) is 30.5 Å². The lowest BCUT2D eigenvalue weighted by Gasteiger charge is -2.05. The highest BCUT2D eigenvalue weighted by Gasteiger charge is 2.15. The number of hydrogen-bond donors (Lipinski definition) is 0. The summed E-state index contributed by atoms with van der Waals surface area (Å²) in [5.41, 5.74) is 0.970. The van der Waals surface area contributed by atoms with Crippen molar-refractivity contribution in [1.82, 2.24) is 4.57 Å². The van der Waals surface area contributed by atoms with E-state index in [1.165, 1.54) is 22.7 Å². The number of nitrogens with zero attached hydrogens (tertiary/aromatic N) is 2. The van der Waals surface area contributed by atoms with Crippen molar-refractivity contribution in [1.29, 1.82) is 0 Å². The maximum absolute atomic E-state index is 12.4. The molecular formula is C15H16N2O3S3. The lowest BCUT2D eigenvalue weighted by atomic mass is 10.3. The average Bonchev–Trinajstić information content (AvgIpc) is 3.16. The number of sulfonamides is 1. The van der Waals surface area contributed by atoms with Gasteiger partial charge in [0.1, 0.15) is 4.21 Å². The molecule has 0 bridgehead atoms. The maximum Gasteiger partial charge on any atom is 0.294 e. The summed E-state index contributed by atoms with van der Waals surface area (Å²) in [6.45, 7) is 3.64. The molecule has 0 aliphatic carbocycles. The summed E-state index contributed by atoms with van der Waals surface area (Å²) in [5, 5.41) is 1.73. The van der Waals surface area contributed by atoms with Gasteiger partial charge in [0.15, 0.2) is 0 Å². The minimum atomic E-state index is -3.68. The van der Waals surface area contributed by atoms with E-state index in [0.717, 1.165) is 10.2 Å². The topological polar surface area (TPSA) is 60.7 Å². The summed E-state index contributed by atoms with van der Waals surface area (Å²) in [6, 6.07) is 11.1. The fourth-order valence-corrected chi connectivity index (χ4v) is 5.39. The summed E-state index contributed by atoms with van der Waals surface area (Å²) in [4.78, 5) is 0.472. The van der Waals surface area contributed by atoms with Crippen LogP contribution in [0.3, 0.4) is 0 Å². The molecular weight excluding hydrogens is 352 g/mol. The Morgan fingerprint density at radius 3 is 2.78 bits per heavy atom. The number of rotatable bonds is 6. The predicted molar refractivity (Wildman–Crippen MR) is 93.4 cm³/mol. The zero-order valence-corrected chi connectivity index (χ0v) is 15.0. The van der Waals surface area contributed by atoms with Crippen LogP contribution >= 0.6 is 22.7 Å². The van der Waals surface area contributed by atoms with Gasteiger partial charge in [0.05, 0.1) is 16.8 Å². The number of thiophene rings is 1. The first kappa shape index (κ1) is 16.4. The molecule has 3 aromatic rings. The Kier molecular flexibility index (Phi) is 4.96. The van der Waals surface area contributed by atoms with Gasteiger partial charge in [-0.1, -0.05) is 29.5 Å². The van der Waals surface area contributed by atoms with Crippen LogP contribution in [0.15, 0.2) is 50.4 Å². The molecule has 0 N–H and O–H groups in total. The van der Waals surface area contributed by atoms with Crippen LogP contribution in [-0.2, 0) is 21.3 Å². The van der Waals surface area contributed by atoms with Crippen molar-refractivity contribution in [2.24, 2.45) is 4.40 Å². The highest BCUT2D eigenvalue weighted by molar-refractivity contribution is 7.92. The third-order valence-corrected chi connectivity index (χ3v) is 7.01. The number of thiazole rings is 1. The molecule has 0 unspecified atom stereocenters.